The highest BCUT2D eigenvalue weighted by atomic mass is 35.5. The molecular formula is C25H21ClN4O7. The van der Waals surface area contributed by atoms with E-state index in [1.807, 2.05) is 6.92 Å². The number of hydrogen-bond donors (Lipinski definition) is 2. The fraction of sp³-hybridized carbons (Fsp3) is 0.280. The Bertz CT molecular complexity index is 1520. The molecule has 0 saturated carbocycles. The predicted molar refractivity (Wildman–Crippen MR) is 130 cm³/mol. The molecule has 0 bridgehead atoms. The van der Waals surface area contributed by atoms with Gasteiger partial charge in [-0.05, 0) is 31.2 Å². The van der Waals surface area contributed by atoms with Crippen LogP contribution in [-0.2, 0) is 18.9 Å². The van der Waals surface area contributed by atoms with E-state index in [0.717, 1.165) is 5.56 Å². The van der Waals surface area contributed by atoms with Crippen molar-refractivity contribution in [2.45, 2.75) is 37.1 Å². The number of anilines is 1. The van der Waals surface area contributed by atoms with Gasteiger partial charge < -0.3 is 29.1 Å². The maximum atomic E-state index is 12.6. The number of fused-ring (bicyclic) bond motifs is 2. The van der Waals surface area contributed by atoms with Crippen LogP contribution < -0.4 is 11.3 Å². The number of halogens is 1. The maximum Gasteiger partial charge on any atom is 0.339 e. The van der Waals surface area contributed by atoms with E-state index in [1.54, 1.807) is 42.6 Å². The number of carbonyl (C=O) groups is 1. The molecule has 2 aliphatic heterocycles. The van der Waals surface area contributed by atoms with Crippen LogP contribution in [0, 0.1) is 0 Å². The Morgan fingerprint density at radius 3 is 2.81 bits per heavy atom. The molecule has 12 heteroatoms. The first-order valence-electron chi connectivity index (χ1n) is 11.4. The monoisotopic (exact) mass is 524 g/mol. The lowest BCUT2D eigenvalue weighted by Gasteiger charge is -2.27. The second-order valence-corrected chi connectivity index (χ2v) is 9.39. The van der Waals surface area contributed by atoms with Gasteiger partial charge in [0.25, 0.3) is 5.56 Å². The first-order chi connectivity index (χ1) is 17.8. The van der Waals surface area contributed by atoms with Gasteiger partial charge in [-0.3, -0.25) is 14.8 Å². The lowest BCUT2D eigenvalue weighted by molar-refractivity contribution is -0.157. The first kappa shape index (κ1) is 23.6. The van der Waals surface area contributed by atoms with Gasteiger partial charge in [0.2, 0.25) is 11.5 Å². The zero-order valence-corrected chi connectivity index (χ0v) is 20.2. The predicted octanol–water partition coefficient (Wildman–Crippen LogP) is 3.32. The van der Waals surface area contributed by atoms with Crippen LogP contribution in [0.25, 0.3) is 11.1 Å². The number of rotatable bonds is 5. The number of aromatic amines is 1. The third-order valence-electron chi connectivity index (χ3n) is 6.54. The lowest BCUT2D eigenvalue weighted by atomic mass is 9.89. The molecule has 1 unspecified atom stereocenters. The number of esters is 1. The Morgan fingerprint density at radius 2 is 2.05 bits per heavy atom. The van der Waals surface area contributed by atoms with E-state index >= 15 is 0 Å². The third-order valence-corrected chi connectivity index (χ3v) is 6.79. The van der Waals surface area contributed by atoms with Gasteiger partial charge in [-0.25, -0.2) is 9.78 Å². The van der Waals surface area contributed by atoms with E-state index in [-0.39, 0.29) is 23.7 Å². The average Bonchev–Trinajstić information content (AvgIpc) is 3.53. The first-order valence-corrected chi connectivity index (χ1v) is 11.8. The molecule has 4 aromatic rings. The van der Waals surface area contributed by atoms with Gasteiger partial charge in [0.05, 0.1) is 11.8 Å². The number of furan rings is 1. The van der Waals surface area contributed by atoms with Crippen LogP contribution in [0.2, 0.25) is 5.02 Å². The molecule has 3 aromatic heterocycles. The number of ether oxygens (including phenoxy) is 4. The van der Waals surface area contributed by atoms with Crippen LogP contribution in [-0.4, -0.2) is 45.3 Å². The van der Waals surface area contributed by atoms with Crippen LogP contribution in [0.5, 0.6) is 0 Å². The topological polar surface area (TPSA) is 152 Å². The molecule has 190 valence electrons. The molecule has 5 heterocycles. The zero-order chi connectivity index (χ0) is 25.7. The third kappa shape index (κ3) is 4.05. The fourth-order valence-electron chi connectivity index (χ4n) is 4.79. The van der Waals surface area contributed by atoms with Crippen molar-refractivity contribution in [1.82, 2.24) is 15.0 Å². The van der Waals surface area contributed by atoms with Crippen molar-refractivity contribution in [1.29, 1.82) is 0 Å². The molecule has 5 atom stereocenters. The van der Waals surface area contributed by atoms with Crippen molar-refractivity contribution < 1.29 is 28.2 Å². The number of carbonyl (C=O) groups excluding carboxylic acids is 1. The van der Waals surface area contributed by atoms with Crippen molar-refractivity contribution in [2.24, 2.45) is 0 Å². The van der Waals surface area contributed by atoms with E-state index in [0.29, 0.717) is 16.1 Å². The van der Waals surface area contributed by atoms with Gasteiger partial charge in [-0.1, -0.05) is 23.7 Å². The van der Waals surface area contributed by atoms with Crippen molar-refractivity contribution in [3.05, 3.63) is 87.1 Å². The summed E-state index contributed by atoms with van der Waals surface area (Å²) in [6, 6.07) is 10.3. The highest BCUT2D eigenvalue weighted by molar-refractivity contribution is 6.30. The number of aromatic nitrogens is 3. The Balaban J connectivity index is 1.34. The molecule has 0 aliphatic carbocycles. The van der Waals surface area contributed by atoms with Crippen molar-refractivity contribution >= 4 is 34.6 Å². The minimum atomic E-state index is -1.06. The number of nitrogens with zero attached hydrogens (tertiary/aromatic N) is 2. The SMILES string of the molecule is C[C@@]12OC(c3ccc(Cl)cc3)O[C@@H]1[C@@H](COC(=O)c1cccnc1)O[C@H]2c1coc2c(=O)[nH]c(N)nc12. The number of hydrogen-bond acceptors (Lipinski definition) is 10. The molecule has 2 fully saturated rings. The average molecular weight is 525 g/mol. The quantitative estimate of drug-likeness (QED) is 0.372. The number of H-pyrrole nitrogens is 1. The molecule has 3 N–H and O–H groups in total. The Hall–Kier alpha value is -3.77. The summed E-state index contributed by atoms with van der Waals surface area (Å²) in [6.07, 6.45) is 1.49. The van der Waals surface area contributed by atoms with Gasteiger partial charge in [-0.2, -0.15) is 0 Å². The highest BCUT2D eigenvalue weighted by Crippen LogP contribution is 2.54. The summed E-state index contributed by atoms with van der Waals surface area (Å²) in [6.45, 7) is 1.71. The van der Waals surface area contributed by atoms with E-state index in [2.05, 4.69) is 15.0 Å². The van der Waals surface area contributed by atoms with E-state index in [9.17, 15) is 9.59 Å². The summed E-state index contributed by atoms with van der Waals surface area (Å²) in [5, 5.41) is 0.577. The summed E-state index contributed by atoms with van der Waals surface area (Å²) in [5.74, 6) is -0.616. The number of nitrogens with two attached hydrogens (primary N) is 1. The lowest BCUT2D eigenvalue weighted by Crippen LogP contribution is -2.41. The van der Waals surface area contributed by atoms with Crippen molar-refractivity contribution in [3.63, 3.8) is 0 Å². The molecular weight excluding hydrogens is 504 g/mol. The van der Waals surface area contributed by atoms with Gasteiger partial charge >= 0.3 is 5.97 Å². The summed E-state index contributed by atoms with van der Waals surface area (Å²) in [5.41, 5.74) is 5.98. The molecule has 0 amide bonds. The van der Waals surface area contributed by atoms with E-state index < -0.39 is 41.7 Å². The minimum absolute atomic E-state index is 0.00701. The standard InChI is InChI=1S/C25H21ClN4O7/c1-25-19(15-10-33-18-17(15)29-24(27)30-21(18)31)35-16(11-34-22(32)13-3-2-8-28-9-13)20(25)36-23(37-25)12-4-6-14(26)7-5-12/h2-10,16,19-20,23H,11H2,1H3,(H3,27,29,30,31)/t16-,19+,20-,23?,25+/m1/s1. The van der Waals surface area contributed by atoms with Gasteiger partial charge in [0.15, 0.2) is 6.29 Å². The molecule has 0 radical (unpaired) electrons. The van der Waals surface area contributed by atoms with Gasteiger partial charge in [0.1, 0.15) is 36.0 Å². The van der Waals surface area contributed by atoms with Crippen LogP contribution in [0.1, 0.15) is 40.8 Å². The number of nitrogens with one attached hydrogen (secondary N) is 1. The molecule has 37 heavy (non-hydrogen) atoms. The number of pyridine rings is 1. The summed E-state index contributed by atoms with van der Waals surface area (Å²) in [4.78, 5) is 35.5. The Kier molecular flexibility index (Phi) is 5.72. The minimum Gasteiger partial charge on any atom is -0.459 e. The smallest absolute Gasteiger partial charge is 0.339 e. The molecule has 11 nitrogen and oxygen atoms in total. The van der Waals surface area contributed by atoms with Crippen LogP contribution in [0.4, 0.5) is 5.95 Å². The molecule has 2 aliphatic rings. The van der Waals surface area contributed by atoms with Crippen molar-refractivity contribution in [3.8, 4) is 0 Å². The number of benzene rings is 1. The summed E-state index contributed by atoms with van der Waals surface area (Å²) >= 11 is 6.05. The largest absolute Gasteiger partial charge is 0.459 e. The molecule has 1 aromatic carbocycles. The second kappa shape index (κ2) is 8.96. The van der Waals surface area contributed by atoms with Crippen LogP contribution in [0.3, 0.4) is 0 Å². The second-order valence-electron chi connectivity index (χ2n) is 8.96. The van der Waals surface area contributed by atoms with Gasteiger partial charge in [0, 0.05) is 28.5 Å². The van der Waals surface area contributed by atoms with Crippen LogP contribution >= 0.6 is 11.6 Å². The Morgan fingerprint density at radius 1 is 1.24 bits per heavy atom. The Labute approximate surface area is 214 Å². The molecule has 6 rings (SSSR count). The summed E-state index contributed by atoms with van der Waals surface area (Å²) < 4.78 is 30.1. The van der Waals surface area contributed by atoms with E-state index in [4.69, 9.17) is 40.7 Å². The molecule has 2 saturated heterocycles. The van der Waals surface area contributed by atoms with Gasteiger partial charge in [-0.15, -0.1) is 0 Å². The molecule has 0 spiro atoms. The normalized spacial score (nSPS) is 26.9. The zero-order valence-electron chi connectivity index (χ0n) is 19.4. The van der Waals surface area contributed by atoms with Crippen LogP contribution in [0.15, 0.2) is 64.3 Å². The highest BCUT2D eigenvalue weighted by Gasteiger charge is 2.62. The van der Waals surface area contributed by atoms with E-state index in [1.165, 1.54) is 12.5 Å². The maximum absolute atomic E-state index is 12.6. The summed E-state index contributed by atoms with van der Waals surface area (Å²) in [7, 11) is 0. The fourth-order valence-corrected chi connectivity index (χ4v) is 4.92. The number of nitrogen functional groups attached to an aromatic ring is 1. The van der Waals surface area contributed by atoms with Crippen molar-refractivity contribution in [2.75, 3.05) is 12.3 Å².